The quantitative estimate of drug-likeness (QED) is 0.751. The molecule has 3 N–H and O–H groups in total. The average molecular weight is 320 g/mol. The number of benzene rings is 1. The van der Waals surface area contributed by atoms with Crippen molar-refractivity contribution in [2.75, 3.05) is 38.0 Å². The standard InChI is InChI=1S/C14H16N4O5/c19-12(8-17-3-5-18(6-4-17)14(21)22)15-9-1-2-10-11(7-9)23-13(20)16-10/h1-2,7H,3-6,8H2,(H,15,19)(H,16,20)(H,21,22). The number of carboxylic acid groups (broad SMARTS) is 1. The van der Waals surface area contributed by atoms with Gasteiger partial charge in [0.15, 0.2) is 5.58 Å². The smallest absolute Gasteiger partial charge is 0.417 e. The van der Waals surface area contributed by atoms with Gasteiger partial charge in [0.2, 0.25) is 5.91 Å². The van der Waals surface area contributed by atoms with Crippen molar-refractivity contribution in [3.63, 3.8) is 0 Å². The zero-order chi connectivity index (χ0) is 16.4. The molecule has 1 aromatic heterocycles. The summed E-state index contributed by atoms with van der Waals surface area (Å²) in [6.45, 7) is 2.01. The van der Waals surface area contributed by atoms with E-state index in [-0.39, 0.29) is 12.5 Å². The number of piperazine rings is 1. The Labute approximate surface area is 130 Å². The summed E-state index contributed by atoms with van der Waals surface area (Å²) in [5, 5.41) is 11.6. The van der Waals surface area contributed by atoms with Crippen LogP contribution in [-0.4, -0.2) is 64.6 Å². The molecule has 1 aliphatic heterocycles. The molecule has 1 saturated heterocycles. The summed E-state index contributed by atoms with van der Waals surface area (Å²) in [5.41, 5.74) is 1.48. The molecule has 0 bridgehead atoms. The molecule has 0 unspecified atom stereocenters. The number of anilines is 1. The van der Waals surface area contributed by atoms with Gasteiger partial charge in [0, 0.05) is 37.9 Å². The van der Waals surface area contributed by atoms with Crippen LogP contribution in [0, 0.1) is 0 Å². The number of aromatic nitrogens is 1. The number of H-pyrrole nitrogens is 1. The predicted molar refractivity (Wildman–Crippen MR) is 81.5 cm³/mol. The molecule has 2 amide bonds. The van der Waals surface area contributed by atoms with Crippen molar-refractivity contribution in [1.82, 2.24) is 14.8 Å². The molecule has 1 aliphatic rings. The number of carbonyl (C=O) groups excluding carboxylic acids is 1. The first-order valence-corrected chi connectivity index (χ1v) is 7.14. The molecule has 3 rings (SSSR count). The highest BCUT2D eigenvalue weighted by Crippen LogP contribution is 2.16. The second kappa shape index (κ2) is 6.13. The fourth-order valence-corrected chi connectivity index (χ4v) is 2.52. The van der Waals surface area contributed by atoms with Gasteiger partial charge >= 0.3 is 11.8 Å². The largest absolute Gasteiger partial charge is 0.465 e. The monoisotopic (exact) mass is 320 g/mol. The van der Waals surface area contributed by atoms with Crippen LogP contribution in [0.1, 0.15) is 0 Å². The number of fused-ring (bicyclic) bond motifs is 1. The Bertz CT molecular complexity index is 788. The topological polar surface area (TPSA) is 119 Å². The summed E-state index contributed by atoms with van der Waals surface area (Å²) in [5.74, 6) is -0.745. The summed E-state index contributed by atoms with van der Waals surface area (Å²) in [6.07, 6.45) is -0.935. The Morgan fingerprint density at radius 2 is 2.00 bits per heavy atom. The summed E-state index contributed by atoms with van der Waals surface area (Å²) in [6, 6.07) is 4.91. The molecule has 0 radical (unpaired) electrons. The first-order valence-electron chi connectivity index (χ1n) is 7.14. The molecule has 2 aromatic rings. The predicted octanol–water partition coefficient (Wildman–Crippen LogP) is 0.355. The average Bonchev–Trinajstić information content (AvgIpc) is 2.87. The summed E-state index contributed by atoms with van der Waals surface area (Å²) < 4.78 is 4.94. The number of nitrogens with one attached hydrogen (secondary N) is 2. The minimum Gasteiger partial charge on any atom is -0.465 e. The molecule has 9 nitrogen and oxygen atoms in total. The lowest BCUT2D eigenvalue weighted by Crippen LogP contribution is -2.50. The third kappa shape index (κ3) is 3.51. The minimum absolute atomic E-state index is 0.183. The van der Waals surface area contributed by atoms with Crippen LogP contribution in [0.2, 0.25) is 0 Å². The molecule has 2 heterocycles. The maximum atomic E-state index is 12.1. The van der Waals surface area contributed by atoms with Crippen LogP contribution in [0.25, 0.3) is 11.1 Å². The van der Waals surface area contributed by atoms with Gasteiger partial charge in [-0.05, 0) is 12.1 Å². The molecule has 0 aliphatic carbocycles. The molecular formula is C14H16N4O5. The minimum atomic E-state index is -0.935. The Morgan fingerprint density at radius 1 is 1.26 bits per heavy atom. The number of hydrogen-bond acceptors (Lipinski definition) is 5. The lowest BCUT2D eigenvalue weighted by molar-refractivity contribution is -0.117. The van der Waals surface area contributed by atoms with Gasteiger partial charge < -0.3 is 19.7 Å². The third-order valence-corrected chi connectivity index (χ3v) is 3.71. The molecule has 0 spiro atoms. The van der Waals surface area contributed by atoms with Crippen LogP contribution in [0.5, 0.6) is 0 Å². The van der Waals surface area contributed by atoms with Crippen molar-refractivity contribution >= 4 is 28.8 Å². The fraction of sp³-hybridized carbons (Fsp3) is 0.357. The van der Waals surface area contributed by atoms with Crippen molar-refractivity contribution < 1.29 is 19.1 Å². The lowest BCUT2D eigenvalue weighted by atomic mass is 10.2. The number of carbonyl (C=O) groups is 2. The number of rotatable bonds is 3. The molecule has 9 heteroatoms. The van der Waals surface area contributed by atoms with Gasteiger partial charge in [-0.1, -0.05) is 0 Å². The molecule has 1 fully saturated rings. The number of nitrogens with zero attached hydrogens (tertiary/aromatic N) is 2. The van der Waals surface area contributed by atoms with Gasteiger partial charge in [-0.15, -0.1) is 0 Å². The highest BCUT2D eigenvalue weighted by atomic mass is 16.4. The van der Waals surface area contributed by atoms with Crippen molar-refractivity contribution in [2.45, 2.75) is 0 Å². The van der Waals surface area contributed by atoms with Crippen molar-refractivity contribution in [2.24, 2.45) is 0 Å². The number of oxazole rings is 1. The van der Waals surface area contributed by atoms with E-state index < -0.39 is 11.8 Å². The Morgan fingerprint density at radius 3 is 2.70 bits per heavy atom. The maximum absolute atomic E-state index is 12.1. The van der Waals surface area contributed by atoms with E-state index in [0.29, 0.717) is 43.0 Å². The first kappa shape index (κ1) is 15.1. The SMILES string of the molecule is O=C(CN1CCN(C(=O)O)CC1)Nc1ccc2[nH]c(=O)oc2c1. The van der Waals surface area contributed by atoms with Crippen LogP contribution in [0.15, 0.2) is 27.4 Å². The van der Waals surface area contributed by atoms with E-state index in [4.69, 9.17) is 9.52 Å². The van der Waals surface area contributed by atoms with Crippen LogP contribution in [0.3, 0.4) is 0 Å². The highest BCUT2D eigenvalue weighted by Gasteiger charge is 2.21. The third-order valence-electron chi connectivity index (χ3n) is 3.71. The Balaban J connectivity index is 1.56. The number of amides is 2. The number of hydrogen-bond donors (Lipinski definition) is 3. The normalized spacial score (nSPS) is 15.7. The van der Waals surface area contributed by atoms with Gasteiger partial charge in [0.1, 0.15) is 0 Å². The van der Waals surface area contributed by atoms with Crippen LogP contribution in [-0.2, 0) is 4.79 Å². The molecule has 0 saturated carbocycles. The van der Waals surface area contributed by atoms with Gasteiger partial charge in [-0.2, -0.15) is 0 Å². The molecule has 0 atom stereocenters. The van der Waals surface area contributed by atoms with Crippen molar-refractivity contribution in [1.29, 1.82) is 0 Å². The van der Waals surface area contributed by atoms with E-state index in [9.17, 15) is 14.4 Å². The fourth-order valence-electron chi connectivity index (χ4n) is 2.52. The summed E-state index contributed by atoms with van der Waals surface area (Å²) in [4.78, 5) is 39.7. The van der Waals surface area contributed by atoms with E-state index in [0.717, 1.165) is 0 Å². The maximum Gasteiger partial charge on any atom is 0.417 e. The van der Waals surface area contributed by atoms with E-state index in [1.165, 1.54) is 4.90 Å². The zero-order valence-corrected chi connectivity index (χ0v) is 12.2. The summed E-state index contributed by atoms with van der Waals surface area (Å²) >= 11 is 0. The zero-order valence-electron chi connectivity index (χ0n) is 12.2. The molecule has 122 valence electrons. The van der Waals surface area contributed by atoms with Crippen LogP contribution >= 0.6 is 0 Å². The highest BCUT2D eigenvalue weighted by molar-refractivity contribution is 5.94. The van der Waals surface area contributed by atoms with Crippen LogP contribution in [0.4, 0.5) is 10.5 Å². The second-order valence-corrected chi connectivity index (χ2v) is 5.32. The Hall–Kier alpha value is -2.81. The van der Waals surface area contributed by atoms with E-state index in [1.807, 2.05) is 4.90 Å². The summed E-state index contributed by atoms with van der Waals surface area (Å²) in [7, 11) is 0. The van der Waals surface area contributed by atoms with Crippen molar-refractivity contribution in [3.8, 4) is 0 Å². The van der Waals surface area contributed by atoms with Crippen molar-refractivity contribution in [3.05, 3.63) is 28.7 Å². The Kier molecular flexibility index (Phi) is 4.02. The van der Waals surface area contributed by atoms with Gasteiger partial charge in [0.05, 0.1) is 12.1 Å². The lowest BCUT2D eigenvalue weighted by Gasteiger charge is -2.32. The second-order valence-electron chi connectivity index (χ2n) is 5.32. The number of aromatic amines is 1. The molecular weight excluding hydrogens is 304 g/mol. The van der Waals surface area contributed by atoms with Gasteiger partial charge in [0.25, 0.3) is 0 Å². The van der Waals surface area contributed by atoms with Gasteiger partial charge in [-0.3, -0.25) is 14.7 Å². The van der Waals surface area contributed by atoms with Gasteiger partial charge in [-0.25, -0.2) is 9.59 Å². The van der Waals surface area contributed by atoms with E-state index in [1.54, 1.807) is 18.2 Å². The van der Waals surface area contributed by atoms with E-state index >= 15 is 0 Å². The molecule has 1 aromatic carbocycles. The first-order chi connectivity index (χ1) is 11.0. The molecule has 23 heavy (non-hydrogen) atoms. The van der Waals surface area contributed by atoms with E-state index in [2.05, 4.69) is 10.3 Å². The van der Waals surface area contributed by atoms with Crippen LogP contribution < -0.4 is 11.1 Å².